The highest BCUT2D eigenvalue weighted by Crippen LogP contribution is 2.24. The van der Waals surface area contributed by atoms with Crippen molar-refractivity contribution in [2.24, 2.45) is 0 Å². The summed E-state index contributed by atoms with van der Waals surface area (Å²) in [6.07, 6.45) is 0. The average molecular weight is 277 g/mol. The smallest absolute Gasteiger partial charge is 0.227 e. The molecule has 0 aliphatic carbocycles. The topological polar surface area (TPSA) is 55.0 Å². The molecule has 19 heavy (non-hydrogen) atoms. The molecular weight excluding hydrogens is 260 g/mol. The van der Waals surface area contributed by atoms with Gasteiger partial charge in [0.1, 0.15) is 5.82 Å². The van der Waals surface area contributed by atoms with Crippen LogP contribution >= 0.6 is 11.6 Å². The number of nitrogen functional groups attached to an aromatic ring is 1. The molecule has 1 aromatic carbocycles. The van der Waals surface area contributed by atoms with Gasteiger partial charge in [-0.2, -0.15) is 4.98 Å². The first-order chi connectivity index (χ1) is 9.13. The lowest BCUT2D eigenvalue weighted by Crippen LogP contribution is -2.24. The highest BCUT2D eigenvalue weighted by molar-refractivity contribution is 6.30. The van der Waals surface area contributed by atoms with Gasteiger partial charge in [0.15, 0.2) is 0 Å². The minimum atomic E-state index is 0.465. The summed E-state index contributed by atoms with van der Waals surface area (Å²) >= 11 is 6.01. The molecular formula is C14H17ClN4. The molecule has 4 nitrogen and oxygen atoms in total. The van der Waals surface area contributed by atoms with Crippen LogP contribution < -0.4 is 10.6 Å². The number of nitrogens with zero attached hydrogens (tertiary/aromatic N) is 3. The summed E-state index contributed by atoms with van der Waals surface area (Å²) in [6, 6.07) is 9.32. The van der Waals surface area contributed by atoms with Crippen molar-refractivity contribution in [3.05, 3.63) is 35.4 Å². The summed E-state index contributed by atoms with van der Waals surface area (Å²) in [7, 11) is 0. The molecule has 5 heteroatoms. The fourth-order valence-corrected chi connectivity index (χ4v) is 2.09. The van der Waals surface area contributed by atoms with Crippen LogP contribution in [0, 0.1) is 0 Å². The van der Waals surface area contributed by atoms with E-state index < -0.39 is 0 Å². The number of aromatic nitrogens is 2. The lowest BCUT2D eigenvalue weighted by atomic mass is 10.1. The maximum atomic E-state index is 6.01. The normalized spacial score (nSPS) is 10.5. The van der Waals surface area contributed by atoms with Gasteiger partial charge in [-0.05, 0) is 26.0 Å². The van der Waals surface area contributed by atoms with Gasteiger partial charge in [-0.15, -0.1) is 0 Å². The van der Waals surface area contributed by atoms with Gasteiger partial charge in [0.25, 0.3) is 0 Å². The number of anilines is 2. The van der Waals surface area contributed by atoms with Gasteiger partial charge in [-0.25, -0.2) is 4.98 Å². The maximum absolute atomic E-state index is 6.01. The number of hydrogen-bond donors (Lipinski definition) is 1. The first-order valence-electron chi connectivity index (χ1n) is 6.29. The predicted molar refractivity (Wildman–Crippen MR) is 80.5 cm³/mol. The molecule has 0 fully saturated rings. The van der Waals surface area contributed by atoms with E-state index in [2.05, 4.69) is 28.7 Å². The molecule has 2 N–H and O–H groups in total. The van der Waals surface area contributed by atoms with E-state index in [1.165, 1.54) is 0 Å². The molecule has 0 unspecified atom stereocenters. The molecule has 1 heterocycles. The highest BCUT2D eigenvalue weighted by Gasteiger charge is 2.09. The maximum Gasteiger partial charge on any atom is 0.227 e. The largest absolute Gasteiger partial charge is 0.384 e. The van der Waals surface area contributed by atoms with E-state index in [-0.39, 0.29) is 0 Å². The Hall–Kier alpha value is -1.81. The summed E-state index contributed by atoms with van der Waals surface area (Å²) in [5.41, 5.74) is 7.60. The molecule has 1 aromatic heterocycles. The van der Waals surface area contributed by atoms with Gasteiger partial charge < -0.3 is 10.6 Å². The van der Waals surface area contributed by atoms with Gasteiger partial charge in [0, 0.05) is 29.7 Å². The van der Waals surface area contributed by atoms with Crippen molar-refractivity contribution in [1.29, 1.82) is 0 Å². The van der Waals surface area contributed by atoms with E-state index >= 15 is 0 Å². The van der Waals surface area contributed by atoms with Crippen molar-refractivity contribution < 1.29 is 0 Å². The Balaban J connectivity index is 2.47. The lowest BCUT2D eigenvalue weighted by molar-refractivity contribution is 0.824. The standard InChI is InChI=1S/C14H17ClN4/c1-3-19(4-2)14-17-12(9-13(16)18-14)10-6-5-7-11(15)8-10/h5-9H,3-4H2,1-2H3,(H2,16,17,18). The van der Waals surface area contributed by atoms with Crippen molar-refractivity contribution in [3.8, 4) is 11.3 Å². The van der Waals surface area contributed by atoms with Crippen LogP contribution in [0.15, 0.2) is 30.3 Å². The summed E-state index contributed by atoms with van der Waals surface area (Å²) in [5, 5.41) is 0.680. The van der Waals surface area contributed by atoms with Crippen LogP contribution in [0.5, 0.6) is 0 Å². The Kier molecular flexibility index (Phi) is 4.22. The van der Waals surface area contributed by atoms with Gasteiger partial charge in [0.05, 0.1) is 5.69 Å². The zero-order chi connectivity index (χ0) is 13.8. The second kappa shape index (κ2) is 5.89. The molecule has 0 radical (unpaired) electrons. The molecule has 0 aliphatic heterocycles. The Bertz CT molecular complexity index is 567. The molecule has 2 rings (SSSR count). The number of benzene rings is 1. The SMILES string of the molecule is CCN(CC)c1nc(N)cc(-c2cccc(Cl)c2)n1. The molecule has 100 valence electrons. The first kappa shape index (κ1) is 13.6. The van der Waals surface area contributed by atoms with Crippen LogP contribution in [0.3, 0.4) is 0 Å². The van der Waals surface area contributed by atoms with E-state index in [9.17, 15) is 0 Å². The van der Waals surface area contributed by atoms with E-state index in [1.54, 1.807) is 6.07 Å². The molecule has 0 aliphatic rings. The van der Waals surface area contributed by atoms with Gasteiger partial charge in [0.2, 0.25) is 5.95 Å². The van der Waals surface area contributed by atoms with E-state index in [0.29, 0.717) is 16.8 Å². The molecule has 0 spiro atoms. The minimum Gasteiger partial charge on any atom is -0.384 e. The summed E-state index contributed by atoms with van der Waals surface area (Å²) in [4.78, 5) is 10.9. The number of nitrogens with two attached hydrogens (primary N) is 1. The monoisotopic (exact) mass is 276 g/mol. The van der Waals surface area contributed by atoms with Crippen molar-refractivity contribution in [2.45, 2.75) is 13.8 Å². The third-order valence-corrected chi connectivity index (χ3v) is 3.14. The quantitative estimate of drug-likeness (QED) is 0.931. The van der Waals surface area contributed by atoms with Crippen LogP contribution in [-0.4, -0.2) is 23.1 Å². The second-order valence-corrected chi connectivity index (χ2v) is 4.60. The third kappa shape index (κ3) is 3.15. The summed E-state index contributed by atoms with van der Waals surface area (Å²) in [5.74, 6) is 1.12. The van der Waals surface area contributed by atoms with Crippen molar-refractivity contribution >= 4 is 23.4 Å². The molecule has 0 atom stereocenters. The fraction of sp³-hybridized carbons (Fsp3) is 0.286. The van der Waals surface area contributed by atoms with Gasteiger partial charge in [-0.1, -0.05) is 23.7 Å². The number of halogens is 1. The first-order valence-corrected chi connectivity index (χ1v) is 6.67. The molecule has 0 saturated carbocycles. The Morgan fingerprint density at radius 3 is 2.53 bits per heavy atom. The van der Waals surface area contributed by atoms with Gasteiger partial charge >= 0.3 is 0 Å². The Morgan fingerprint density at radius 1 is 1.16 bits per heavy atom. The lowest BCUT2D eigenvalue weighted by Gasteiger charge is -2.19. The Morgan fingerprint density at radius 2 is 1.89 bits per heavy atom. The van der Waals surface area contributed by atoms with E-state index in [0.717, 1.165) is 24.3 Å². The van der Waals surface area contributed by atoms with Crippen molar-refractivity contribution in [3.63, 3.8) is 0 Å². The Labute approximate surface area is 118 Å². The van der Waals surface area contributed by atoms with E-state index in [1.807, 2.05) is 24.3 Å². The van der Waals surface area contributed by atoms with Crippen LogP contribution in [-0.2, 0) is 0 Å². The fourth-order valence-electron chi connectivity index (χ4n) is 1.90. The van der Waals surface area contributed by atoms with Crippen LogP contribution in [0.25, 0.3) is 11.3 Å². The van der Waals surface area contributed by atoms with Crippen molar-refractivity contribution in [2.75, 3.05) is 23.7 Å². The molecule has 0 amide bonds. The second-order valence-electron chi connectivity index (χ2n) is 4.16. The minimum absolute atomic E-state index is 0.465. The third-order valence-electron chi connectivity index (χ3n) is 2.90. The average Bonchev–Trinajstić information content (AvgIpc) is 2.39. The molecule has 2 aromatic rings. The zero-order valence-corrected chi connectivity index (χ0v) is 11.9. The van der Waals surface area contributed by atoms with Gasteiger partial charge in [-0.3, -0.25) is 0 Å². The number of rotatable bonds is 4. The molecule has 0 bridgehead atoms. The van der Waals surface area contributed by atoms with Crippen LogP contribution in [0.2, 0.25) is 5.02 Å². The summed E-state index contributed by atoms with van der Waals surface area (Å²) < 4.78 is 0. The summed E-state index contributed by atoms with van der Waals surface area (Å²) in [6.45, 7) is 5.81. The zero-order valence-electron chi connectivity index (χ0n) is 11.1. The highest BCUT2D eigenvalue weighted by atomic mass is 35.5. The predicted octanol–water partition coefficient (Wildman–Crippen LogP) is 3.23. The molecule has 0 saturated heterocycles. The van der Waals surface area contributed by atoms with Crippen LogP contribution in [0.1, 0.15) is 13.8 Å². The number of hydrogen-bond acceptors (Lipinski definition) is 4. The van der Waals surface area contributed by atoms with Crippen LogP contribution in [0.4, 0.5) is 11.8 Å². The van der Waals surface area contributed by atoms with E-state index in [4.69, 9.17) is 17.3 Å². The van der Waals surface area contributed by atoms with Crippen molar-refractivity contribution in [1.82, 2.24) is 9.97 Å².